The smallest absolute Gasteiger partial charge is 0.266 e. The summed E-state index contributed by atoms with van der Waals surface area (Å²) in [6.07, 6.45) is 10.6. The largest absolute Gasteiger partial charge is 0.368 e. The van der Waals surface area contributed by atoms with E-state index in [4.69, 9.17) is 17.3 Å². The zero-order valence-corrected chi connectivity index (χ0v) is 21.8. The number of piperazine rings is 1. The number of nitrogens with one attached hydrogen (secondary N) is 1. The predicted octanol–water partition coefficient (Wildman–Crippen LogP) is 4.47. The van der Waals surface area contributed by atoms with Crippen LogP contribution in [0.3, 0.4) is 0 Å². The summed E-state index contributed by atoms with van der Waals surface area (Å²) in [5, 5.41) is 8.15. The number of rotatable bonds is 5. The maximum Gasteiger partial charge on any atom is 0.266 e. The van der Waals surface area contributed by atoms with E-state index in [0.29, 0.717) is 28.1 Å². The molecule has 0 bridgehead atoms. The van der Waals surface area contributed by atoms with Crippen LogP contribution in [0.1, 0.15) is 49.0 Å². The van der Waals surface area contributed by atoms with E-state index in [-0.39, 0.29) is 0 Å². The maximum atomic E-state index is 11.5. The highest BCUT2D eigenvalue weighted by molar-refractivity contribution is 6.33. The van der Waals surface area contributed by atoms with Crippen LogP contribution in [-0.4, -0.2) is 63.8 Å². The third-order valence-electron chi connectivity index (χ3n) is 6.60. The minimum atomic E-state index is -0.543. The third kappa shape index (κ3) is 6.73. The van der Waals surface area contributed by atoms with Crippen molar-refractivity contribution in [1.82, 2.24) is 24.6 Å². The fourth-order valence-corrected chi connectivity index (χ4v) is 4.76. The zero-order valence-electron chi connectivity index (χ0n) is 21.1. The summed E-state index contributed by atoms with van der Waals surface area (Å²) in [5.41, 5.74) is 8.60. The first kappa shape index (κ1) is 25.9. The molecular formula is C26H35ClN8O. The van der Waals surface area contributed by atoms with Crippen molar-refractivity contribution in [1.29, 1.82) is 0 Å². The Morgan fingerprint density at radius 1 is 0.944 bits per heavy atom. The summed E-state index contributed by atoms with van der Waals surface area (Å²) in [6.45, 7) is 3.93. The number of halogens is 1. The summed E-state index contributed by atoms with van der Waals surface area (Å²) in [7, 11) is 3.79. The molecule has 1 aromatic carbocycles. The van der Waals surface area contributed by atoms with Crippen LogP contribution in [0.25, 0.3) is 11.4 Å². The number of benzene rings is 1. The molecular weight excluding hydrogens is 476 g/mol. The van der Waals surface area contributed by atoms with Gasteiger partial charge >= 0.3 is 0 Å². The Morgan fingerprint density at radius 3 is 2.19 bits per heavy atom. The summed E-state index contributed by atoms with van der Waals surface area (Å²) in [4.78, 5) is 24.8. The molecule has 1 saturated carbocycles. The molecule has 0 atom stereocenters. The standard InChI is InChI=1S/C20H23ClN8O.C6H12/c1-27-7-9-29(10-8-27)17-4-3-13(11-14(17)21)24-20-23-6-5-15(25-20)16-12-18(19(22)30)28(2)26-16;1-2-4-6-5-3-1/h3-6,11-12H,7-10H2,1-2H3,(H2,22,30)(H,23,24,25);1-6H2. The van der Waals surface area contributed by atoms with E-state index in [9.17, 15) is 4.79 Å². The maximum absolute atomic E-state index is 11.5. The number of nitrogens with two attached hydrogens (primary N) is 1. The van der Waals surface area contributed by atoms with Gasteiger partial charge in [-0.25, -0.2) is 9.97 Å². The Morgan fingerprint density at radius 2 is 1.61 bits per heavy atom. The highest BCUT2D eigenvalue weighted by Gasteiger charge is 2.17. The summed E-state index contributed by atoms with van der Waals surface area (Å²) < 4.78 is 1.43. The highest BCUT2D eigenvalue weighted by atomic mass is 35.5. The number of aromatic nitrogens is 4. The van der Waals surface area contributed by atoms with Gasteiger partial charge in [-0.1, -0.05) is 50.1 Å². The number of anilines is 3. The van der Waals surface area contributed by atoms with Crippen LogP contribution in [-0.2, 0) is 7.05 Å². The van der Waals surface area contributed by atoms with E-state index < -0.39 is 5.91 Å². The molecule has 9 nitrogen and oxygen atoms in total. The molecule has 192 valence electrons. The molecule has 2 aromatic heterocycles. The number of carbonyl (C=O) groups excluding carboxylic acids is 1. The molecule has 1 aliphatic carbocycles. The van der Waals surface area contributed by atoms with Crippen LogP contribution in [0, 0.1) is 0 Å². The first-order valence-electron chi connectivity index (χ1n) is 12.6. The number of hydrogen-bond acceptors (Lipinski definition) is 7. The molecule has 5 rings (SSSR count). The number of likely N-dealkylation sites (N-methyl/N-ethyl adjacent to an activating group) is 1. The zero-order chi connectivity index (χ0) is 25.5. The van der Waals surface area contributed by atoms with Crippen molar-refractivity contribution >= 4 is 34.8 Å². The number of nitrogens with zero attached hydrogens (tertiary/aromatic N) is 6. The SMILES string of the molecule is C1CCCCC1.CN1CCN(c2ccc(Nc3nccc(-c4cc(C(N)=O)n(C)n4)n3)cc2Cl)CC1. The van der Waals surface area contributed by atoms with Gasteiger partial charge in [0.2, 0.25) is 5.95 Å². The molecule has 10 heteroatoms. The highest BCUT2D eigenvalue weighted by Crippen LogP contribution is 2.30. The molecule has 3 heterocycles. The average Bonchev–Trinajstić information content (AvgIpc) is 3.29. The normalized spacial score (nSPS) is 16.2. The Labute approximate surface area is 217 Å². The molecule has 1 saturated heterocycles. The minimum Gasteiger partial charge on any atom is -0.368 e. The van der Waals surface area contributed by atoms with Crippen LogP contribution in [0.2, 0.25) is 5.02 Å². The third-order valence-corrected chi connectivity index (χ3v) is 6.90. The number of carbonyl (C=O) groups is 1. The number of amides is 1. The quantitative estimate of drug-likeness (QED) is 0.521. The van der Waals surface area contributed by atoms with Crippen LogP contribution in [0.15, 0.2) is 36.5 Å². The fourth-order valence-electron chi connectivity index (χ4n) is 4.46. The van der Waals surface area contributed by atoms with Crippen molar-refractivity contribution in [2.24, 2.45) is 12.8 Å². The lowest BCUT2D eigenvalue weighted by Crippen LogP contribution is -2.44. The second-order valence-corrected chi connectivity index (χ2v) is 9.78. The molecule has 3 aromatic rings. The van der Waals surface area contributed by atoms with E-state index in [1.165, 1.54) is 43.2 Å². The van der Waals surface area contributed by atoms with E-state index in [0.717, 1.165) is 37.6 Å². The van der Waals surface area contributed by atoms with Gasteiger partial charge in [0.1, 0.15) is 11.4 Å². The summed E-state index contributed by atoms with van der Waals surface area (Å²) in [5.74, 6) is -0.138. The Hall–Kier alpha value is -3.17. The Kier molecular flexibility index (Phi) is 8.77. The first-order chi connectivity index (χ1) is 17.4. The summed E-state index contributed by atoms with van der Waals surface area (Å²) >= 11 is 6.55. The lowest BCUT2D eigenvalue weighted by atomic mass is 10.0. The minimum absolute atomic E-state index is 0.310. The van der Waals surface area contributed by atoms with Crippen molar-refractivity contribution in [2.75, 3.05) is 43.4 Å². The molecule has 2 fully saturated rings. The number of hydrogen-bond donors (Lipinski definition) is 2. The Balaban J connectivity index is 0.000000445. The van der Waals surface area contributed by atoms with Gasteiger partial charge in [0.05, 0.1) is 16.4 Å². The van der Waals surface area contributed by atoms with E-state index >= 15 is 0 Å². The van der Waals surface area contributed by atoms with Gasteiger partial charge in [-0.2, -0.15) is 5.10 Å². The second-order valence-electron chi connectivity index (χ2n) is 9.37. The topological polar surface area (TPSA) is 105 Å². The molecule has 1 amide bonds. The first-order valence-corrected chi connectivity index (χ1v) is 13.0. The number of primary amides is 1. The fraction of sp³-hybridized carbons (Fsp3) is 0.462. The lowest BCUT2D eigenvalue weighted by molar-refractivity contribution is 0.0991. The van der Waals surface area contributed by atoms with Gasteiger partial charge in [-0.15, -0.1) is 0 Å². The van der Waals surface area contributed by atoms with Crippen LogP contribution in [0.4, 0.5) is 17.3 Å². The van der Waals surface area contributed by atoms with Crippen molar-refractivity contribution in [3.05, 3.63) is 47.2 Å². The van der Waals surface area contributed by atoms with Crippen LogP contribution >= 0.6 is 11.6 Å². The average molecular weight is 511 g/mol. The van der Waals surface area contributed by atoms with Gasteiger partial charge in [0.15, 0.2) is 0 Å². The van der Waals surface area contributed by atoms with E-state index in [1.54, 1.807) is 25.4 Å². The van der Waals surface area contributed by atoms with Crippen LogP contribution < -0.4 is 16.0 Å². The summed E-state index contributed by atoms with van der Waals surface area (Å²) in [6, 6.07) is 9.17. The van der Waals surface area contributed by atoms with Crippen LogP contribution in [0.5, 0.6) is 0 Å². The second kappa shape index (κ2) is 12.2. The molecule has 1 aliphatic heterocycles. The van der Waals surface area contributed by atoms with Gasteiger partial charge in [-0.3, -0.25) is 9.48 Å². The van der Waals surface area contributed by atoms with Gasteiger partial charge in [0, 0.05) is 45.1 Å². The Bertz CT molecular complexity index is 1160. The molecule has 36 heavy (non-hydrogen) atoms. The van der Waals surface area contributed by atoms with Crippen molar-refractivity contribution in [3.8, 4) is 11.4 Å². The predicted molar refractivity (Wildman–Crippen MR) is 145 cm³/mol. The van der Waals surface area contributed by atoms with Crippen molar-refractivity contribution in [3.63, 3.8) is 0 Å². The monoisotopic (exact) mass is 510 g/mol. The number of aryl methyl sites for hydroxylation is 1. The van der Waals surface area contributed by atoms with Gasteiger partial charge < -0.3 is 20.9 Å². The van der Waals surface area contributed by atoms with E-state index in [2.05, 4.69) is 37.2 Å². The molecule has 0 spiro atoms. The molecule has 0 radical (unpaired) electrons. The van der Waals surface area contributed by atoms with Crippen molar-refractivity contribution < 1.29 is 4.79 Å². The van der Waals surface area contributed by atoms with Gasteiger partial charge in [-0.05, 0) is 37.4 Å². The van der Waals surface area contributed by atoms with Crippen molar-refractivity contribution in [2.45, 2.75) is 38.5 Å². The van der Waals surface area contributed by atoms with E-state index in [1.807, 2.05) is 18.2 Å². The molecule has 2 aliphatic rings. The molecule has 3 N–H and O–H groups in total. The van der Waals surface area contributed by atoms with Gasteiger partial charge in [0.25, 0.3) is 5.91 Å². The molecule has 0 unspecified atom stereocenters. The lowest BCUT2D eigenvalue weighted by Gasteiger charge is -2.34.